The molecule has 0 aromatic rings. The third-order valence-electron chi connectivity index (χ3n) is 4.30. The SMILES string of the molecule is COC(CO)CN1C(=O)C2C3CCC(O3)C2C1=O. The quantitative estimate of drug-likeness (QED) is 0.663. The fourth-order valence-corrected chi connectivity index (χ4v) is 3.36. The van der Waals surface area contributed by atoms with Gasteiger partial charge < -0.3 is 14.6 Å². The van der Waals surface area contributed by atoms with Crippen LogP contribution < -0.4 is 0 Å². The van der Waals surface area contributed by atoms with E-state index in [0.29, 0.717) is 0 Å². The number of amides is 2. The van der Waals surface area contributed by atoms with Gasteiger partial charge in [-0.15, -0.1) is 0 Å². The number of rotatable bonds is 4. The summed E-state index contributed by atoms with van der Waals surface area (Å²) in [5.74, 6) is -0.916. The summed E-state index contributed by atoms with van der Waals surface area (Å²) in [5.41, 5.74) is 0. The number of aliphatic hydroxyl groups is 1. The molecule has 3 aliphatic rings. The minimum absolute atomic E-state index is 0.0865. The van der Waals surface area contributed by atoms with Crippen molar-refractivity contribution in [2.45, 2.75) is 31.2 Å². The van der Waals surface area contributed by atoms with Gasteiger partial charge in [0.25, 0.3) is 0 Å². The summed E-state index contributed by atoms with van der Waals surface area (Å²) in [4.78, 5) is 25.7. The van der Waals surface area contributed by atoms with E-state index >= 15 is 0 Å². The minimum atomic E-state index is -0.504. The van der Waals surface area contributed by atoms with Crippen LogP contribution in [0.2, 0.25) is 0 Å². The van der Waals surface area contributed by atoms with E-state index in [0.717, 1.165) is 12.8 Å². The highest BCUT2D eigenvalue weighted by Gasteiger charge is 2.62. The molecule has 3 rings (SSSR count). The monoisotopic (exact) mass is 255 g/mol. The average molecular weight is 255 g/mol. The van der Waals surface area contributed by atoms with Crippen molar-refractivity contribution < 1.29 is 24.2 Å². The van der Waals surface area contributed by atoms with E-state index in [4.69, 9.17) is 14.6 Å². The van der Waals surface area contributed by atoms with Crippen molar-refractivity contribution in [3.05, 3.63) is 0 Å². The van der Waals surface area contributed by atoms with E-state index in [-0.39, 0.29) is 49.0 Å². The smallest absolute Gasteiger partial charge is 0.235 e. The molecule has 0 radical (unpaired) electrons. The van der Waals surface area contributed by atoms with Gasteiger partial charge in [0.1, 0.15) is 0 Å². The summed E-state index contributed by atoms with van der Waals surface area (Å²) in [6.45, 7) is -0.0661. The second kappa shape index (κ2) is 4.29. The summed E-state index contributed by atoms with van der Waals surface area (Å²) >= 11 is 0. The van der Waals surface area contributed by atoms with Crippen molar-refractivity contribution >= 4 is 11.8 Å². The molecule has 100 valence electrons. The zero-order valence-corrected chi connectivity index (χ0v) is 10.2. The fourth-order valence-electron chi connectivity index (χ4n) is 3.36. The van der Waals surface area contributed by atoms with Gasteiger partial charge >= 0.3 is 0 Å². The lowest BCUT2D eigenvalue weighted by Crippen LogP contribution is -2.41. The number of likely N-dealkylation sites (tertiary alicyclic amines) is 1. The number of hydrogen-bond donors (Lipinski definition) is 1. The van der Waals surface area contributed by atoms with Crippen LogP contribution >= 0.6 is 0 Å². The molecule has 3 heterocycles. The summed E-state index contributed by atoms with van der Waals surface area (Å²) < 4.78 is 10.7. The molecule has 18 heavy (non-hydrogen) atoms. The first kappa shape index (κ1) is 12.1. The number of aliphatic hydroxyl groups excluding tert-OH is 1. The number of carbonyl (C=O) groups excluding carboxylic acids is 2. The Kier molecular flexibility index (Phi) is 2.88. The second-order valence-corrected chi connectivity index (χ2v) is 5.17. The van der Waals surface area contributed by atoms with Gasteiger partial charge in [-0.25, -0.2) is 0 Å². The number of ether oxygens (including phenoxy) is 2. The Morgan fingerprint density at radius 3 is 2.33 bits per heavy atom. The predicted molar refractivity (Wildman–Crippen MR) is 59.5 cm³/mol. The van der Waals surface area contributed by atoms with Crippen molar-refractivity contribution in [1.29, 1.82) is 0 Å². The van der Waals surface area contributed by atoms with Crippen molar-refractivity contribution in [1.82, 2.24) is 4.90 Å². The first-order valence-electron chi connectivity index (χ1n) is 6.31. The summed E-state index contributed by atoms with van der Waals surface area (Å²) in [5, 5.41) is 9.08. The average Bonchev–Trinajstić information content (AvgIpc) is 3.03. The van der Waals surface area contributed by atoms with E-state index in [1.165, 1.54) is 12.0 Å². The Hall–Kier alpha value is -0.980. The molecule has 5 unspecified atom stereocenters. The highest BCUT2D eigenvalue weighted by molar-refractivity contribution is 6.06. The van der Waals surface area contributed by atoms with Crippen LogP contribution in [0.3, 0.4) is 0 Å². The predicted octanol–water partition coefficient (Wildman–Crippen LogP) is -0.844. The van der Waals surface area contributed by atoms with Gasteiger partial charge in [-0.05, 0) is 12.8 Å². The number of methoxy groups -OCH3 is 1. The molecule has 0 aliphatic carbocycles. The molecule has 6 heteroatoms. The molecule has 1 N–H and O–H groups in total. The van der Waals surface area contributed by atoms with Crippen LogP contribution in [0.4, 0.5) is 0 Å². The molecule has 3 fully saturated rings. The van der Waals surface area contributed by atoms with Crippen LogP contribution in [0.5, 0.6) is 0 Å². The number of carbonyl (C=O) groups is 2. The standard InChI is InChI=1S/C12H17NO5/c1-17-6(5-14)4-13-11(15)9-7-2-3-8(18-7)10(9)12(13)16/h6-10,14H,2-5H2,1H3. The Morgan fingerprint density at radius 1 is 1.33 bits per heavy atom. The number of hydrogen-bond acceptors (Lipinski definition) is 5. The Morgan fingerprint density at radius 2 is 1.89 bits per heavy atom. The van der Waals surface area contributed by atoms with Crippen molar-refractivity contribution in [3.63, 3.8) is 0 Å². The van der Waals surface area contributed by atoms with E-state index in [1.807, 2.05) is 0 Å². The molecule has 2 amide bonds. The van der Waals surface area contributed by atoms with Gasteiger partial charge in [-0.3, -0.25) is 14.5 Å². The molecule has 0 aromatic heterocycles. The van der Waals surface area contributed by atoms with E-state index in [1.54, 1.807) is 0 Å². The minimum Gasteiger partial charge on any atom is -0.394 e. The maximum absolute atomic E-state index is 12.2. The highest BCUT2D eigenvalue weighted by atomic mass is 16.5. The Labute approximate surface area is 105 Å². The molecular formula is C12H17NO5. The van der Waals surface area contributed by atoms with Gasteiger partial charge in [-0.2, -0.15) is 0 Å². The summed E-state index contributed by atoms with van der Waals surface area (Å²) in [6, 6.07) is 0. The van der Waals surface area contributed by atoms with Crippen molar-refractivity contribution in [2.24, 2.45) is 11.8 Å². The molecule has 3 saturated heterocycles. The first-order valence-corrected chi connectivity index (χ1v) is 6.31. The van der Waals surface area contributed by atoms with Gasteiger partial charge in [-0.1, -0.05) is 0 Å². The normalized spacial score (nSPS) is 39.6. The Bertz CT molecular complexity index is 353. The van der Waals surface area contributed by atoms with E-state index in [9.17, 15) is 9.59 Å². The van der Waals surface area contributed by atoms with Gasteiger partial charge in [0.05, 0.1) is 43.3 Å². The summed E-state index contributed by atoms with van der Waals surface area (Å²) in [6.07, 6.45) is 1.06. The lowest BCUT2D eigenvalue weighted by molar-refractivity contribution is -0.145. The maximum Gasteiger partial charge on any atom is 0.235 e. The molecule has 6 nitrogen and oxygen atoms in total. The van der Waals surface area contributed by atoms with E-state index in [2.05, 4.69) is 0 Å². The second-order valence-electron chi connectivity index (χ2n) is 5.17. The molecule has 0 saturated carbocycles. The van der Waals surface area contributed by atoms with Crippen LogP contribution in [0, 0.1) is 11.8 Å². The van der Waals surface area contributed by atoms with Crippen LogP contribution in [0.25, 0.3) is 0 Å². The lowest BCUT2D eigenvalue weighted by Gasteiger charge is -2.21. The largest absolute Gasteiger partial charge is 0.394 e. The highest BCUT2D eigenvalue weighted by Crippen LogP contribution is 2.48. The summed E-state index contributed by atoms with van der Waals surface area (Å²) in [7, 11) is 1.46. The van der Waals surface area contributed by atoms with Gasteiger partial charge in [0.15, 0.2) is 0 Å². The number of nitrogens with zero attached hydrogens (tertiary/aromatic N) is 1. The maximum atomic E-state index is 12.2. The molecule has 0 aromatic carbocycles. The fraction of sp³-hybridized carbons (Fsp3) is 0.833. The number of imide groups is 1. The Balaban J connectivity index is 1.78. The van der Waals surface area contributed by atoms with Crippen LogP contribution in [-0.2, 0) is 19.1 Å². The number of fused-ring (bicyclic) bond motifs is 5. The van der Waals surface area contributed by atoms with Crippen LogP contribution in [0.1, 0.15) is 12.8 Å². The van der Waals surface area contributed by atoms with Crippen molar-refractivity contribution in [3.8, 4) is 0 Å². The van der Waals surface area contributed by atoms with Crippen LogP contribution in [-0.4, -0.2) is 60.4 Å². The molecule has 3 aliphatic heterocycles. The zero-order chi connectivity index (χ0) is 12.9. The third kappa shape index (κ3) is 1.52. The molecular weight excluding hydrogens is 238 g/mol. The van der Waals surface area contributed by atoms with Crippen LogP contribution in [0.15, 0.2) is 0 Å². The molecule has 5 atom stereocenters. The van der Waals surface area contributed by atoms with Gasteiger partial charge in [0.2, 0.25) is 11.8 Å². The lowest BCUT2D eigenvalue weighted by atomic mass is 9.81. The molecule has 0 spiro atoms. The van der Waals surface area contributed by atoms with E-state index < -0.39 is 6.10 Å². The topological polar surface area (TPSA) is 76.1 Å². The first-order chi connectivity index (χ1) is 8.67. The third-order valence-corrected chi connectivity index (χ3v) is 4.30. The van der Waals surface area contributed by atoms with Crippen molar-refractivity contribution in [2.75, 3.05) is 20.3 Å². The molecule has 2 bridgehead atoms. The zero-order valence-electron chi connectivity index (χ0n) is 10.2. The van der Waals surface area contributed by atoms with Gasteiger partial charge in [0, 0.05) is 7.11 Å².